The second kappa shape index (κ2) is 12.5. The molecule has 1 aromatic carbocycles. The van der Waals surface area contributed by atoms with Gasteiger partial charge in [0, 0.05) is 6.42 Å². The van der Waals surface area contributed by atoms with Gasteiger partial charge in [-0.2, -0.15) is 0 Å². The number of ether oxygens (including phenoxy) is 1. The van der Waals surface area contributed by atoms with E-state index in [1.54, 1.807) is 19.2 Å². The maximum atomic E-state index is 12.0. The van der Waals surface area contributed by atoms with Crippen molar-refractivity contribution in [3.8, 4) is 5.75 Å². The maximum Gasteiger partial charge on any atom is 0.303 e. The lowest BCUT2D eigenvalue weighted by molar-refractivity contribution is -0.137. The highest BCUT2D eigenvalue weighted by Gasteiger charge is 2.10. The first-order valence-electron chi connectivity index (χ1n) is 6.63. The summed E-state index contributed by atoms with van der Waals surface area (Å²) in [6.07, 6.45) is 3.59. The van der Waals surface area contributed by atoms with Gasteiger partial charge in [-0.1, -0.05) is 6.42 Å². The summed E-state index contributed by atoms with van der Waals surface area (Å²) in [4.78, 5) is 11.1. The number of carboxylic acid groups (broad SMARTS) is 1. The predicted octanol–water partition coefficient (Wildman–Crippen LogP) is 2.17. The van der Waals surface area contributed by atoms with Crippen LogP contribution >= 0.6 is 0 Å². The number of rotatable bonds is 9. The zero-order chi connectivity index (χ0) is 16.1. The van der Waals surface area contributed by atoms with Crippen molar-refractivity contribution < 1.29 is 24.4 Å². The number of carbonyl (C=O) groups is 1. The Kier molecular flexibility index (Phi) is 11.7. The molecule has 0 aromatic heterocycles. The molecule has 0 radical (unpaired) electrons. The molecule has 0 unspecified atom stereocenters. The summed E-state index contributed by atoms with van der Waals surface area (Å²) < 4.78 is 17.0. The topological polar surface area (TPSA) is 116 Å². The number of hydrogen-bond donors (Lipinski definition) is 3. The van der Waals surface area contributed by atoms with Gasteiger partial charge >= 0.3 is 5.97 Å². The fourth-order valence-corrected chi connectivity index (χ4v) is 2.85. The van der Waals surface area contributed by atoms with E-state index in [4.69, 9.17) is 15.1 Å². The second-order valence-electron chi connectivity index (χ2n) is 4.28. The van der Waals surface area contributed by atoms with Crippen LogP contribution in [0.15, 0.2) is 29.2 Å². The fraction of sp³-hybridized carbons (Fsp3) is 0.500. The van der Waals surface area contributed by atoms with Crippen molar-refractivity contribution in [3.05, 3.63) is 24.3 Å². The van der Waals surface area contributed by atoms with Crippen LogP contribution in [0.2, 0.25) is 0 Å². The molecule has 120 valence electrons. The summed E-state index contributed by atoms with van der Waals surface area (Å²) >= 11 is -0.980. The molecule has 0 amide bonds. The molecule has 0 aliphatic carbocycles. The molecule has 0 fully saturated rings. The number of carboxylic acids is 1. The van der Waals surface area contributed by atoms with E-state index in [9.17, 15) is 9.35 Å². The summed E-state index contributed by atoms with van der Waals surface area (Å²) in [5.41, 5.74) is 0. The van der Waals surface area contributed by atoms with Crippen molar-refractivity contribution in [2.24, 2.45) is 5.90 Å². The van der Waals surface area contributed by atoms with Gasteiger partial charge in [-0.3, -0.25) is 4.79 Å². The Balaban J connectivity index is 0.00000191. The van der Waals surface area contributed by atoms with Crippen LogP contribution < -0.4 is 10.6 Å². The first kappa shape index (κ1) is 19.7. The van der Waals surface area contributed by atoms with Crippen LogP contribution in [0.5, 0.6) is 5.75 Å². The third-order valence-corrected chi connectivity index (χ3v) is 4.25. The first-order chi connectivity index (χ1) is 10.1. The lowest BCUT2D eigenvalue weighted by Crippen LogP contribution is -2.06. The molecule has 1 rings (SSSR count). The summed E-state index contributed by atoms with van der Waals surface area (Å²) in [6, 6.07) is 7.25. The van der Waals surface area contributed by atoms with Crippen LogP contribution in [0, 0.1) is 0 Å². The van der Waals surface area contributed by atoms with E-state index in [1.807, 2.05) is 12.1 Å². The van der Waals surface area contributed by atoms with Crippen LogP contribution in [-0.2, 0) is 16.0 Å². The molecule has 0 spiro atoms. The average Bonchev–Trinajstić information content (AvgIpc) is 2.52. The number of methoxy groups -OCH3 is 1. The molecule has 0 heterocycles. The standard InChI is InChI=1S/C14H20O4S.H3NO/c1-18-12-7-9-13(10-8-12)19(17)11-5-3-2-4-6-14(15)16;1-2/h7-10H,2-6,11H2,1H3,(H,15,16);2H,1H2/t19-;/m0./s1. The molecule has 0 aliphatic heterocycles. The molecule has 7 heteroatoms. The van der Waals surface area contributed by atoms with Crippen LogP contribution in [0.4, 0.5) is 0 Å². The minimum atomic E-state index is -0.980. The maximum absolute atomic E-state index is 12.0. The van der Waals surface area contributed by atoms with Crippen molar-refractivity contribution in [2.45, 2.75) is 37.0 Å². The van der Waals surface area contributed by atoms with Crippen molar-refractivity contribution >= 4 is 17.1 Å². The van der Waals surface area contributed by atoms with E-state index in [2.05, 4.69) is 5.90 Å². The van der Waals surface area contributed by atoms with E-state index >= 15 is 0 Å². The summed E-state index contributed by atoms with van der Waals surface area (Å²) in [6.45, 7) is 0. The molecule has 1 atom stereocenters. The molecular weight excluding hydrogens is 294 g/mol. The number of hydrogen-bond acceptors (Lipinski definition) is 5. The van der Waals surface area contributed by atoms with Gasteiger partial charge in [0.1, 0.15) is 11.5 Å². The summed E-state index contributed by atoms with van der Waals surface area (Å²) in [5.74, 6) is 4.13. The van der Waals surface area contributed by atoms with E-state index in [0.717, 1.165) is 29.9 Å². The van der Waals surface area contributed by atoms with Gasteiger partial charge in [-0.05, 0) is 54.7 Å². The van der Waals surface area contributed by atoms with E-state index < -0.39 is 17.1 Å². The minimum Gasteiger partial charge on any atom is -0.611 e. The van der Waals surface area contributed by atoms with Crippen molar-refractivity contribution in [1.82, 2.24) is 0 Å². The van der Waals surface area contributed by atoms with Crippen molar-refractivity contribution in [2.75, 3.05) is 12.9 Å². The molecule has 6 nitrogen and oxygen atoms in total. The SMILES string of the molecule is COc1ccc([S@@+]([O-])CCCCCCC(=O)O)cc1.NO. The molecule has 1 aromatic rings. The molecule has 0 bridgehead atoms. The molecule has 4 N–H and O–H groups in total. The highest BCUT2D eigenvalue weighted by atomic mass is 32.2. The summed E-state index contributed by atoms with van der Waals surface area (Å²) in [7, 11) is 1.60. The van der Waals surface area contributed by atoms with E-state index in [1.165, 1.54) is 0 Å². The number of aliphatic carboxylic acids is 1. The largest absolute Gasteiger partial charge is 0.611 e. The highest BCUT2D eigenvalue weighted by molar-refractivity contribution is 7.91. The fourth-order valence-electron chi connectivity index (χ4n) is 1.71. The number of benzene rings is 1. The number of unbranched alkanes of at least 4 members (excludes halogenated alkanes) is 3. The van der Waals surface area contributed by atoms with Crippen LogP contribution in [0.3, 0.4) is 0 Å². The van der Waals surface area contributed by atoms with Gasteiger partial charge in [0.2, 0.25) is 0 Å². The Labute approximate surface area is 128 Å². The molecular formula is C14H23NO5S. The van der Waals surface area contributed by atoms with Gasteiger partial charge in [-0.15, -0.1) is 0 Å². The zero-order valence-electron chi connectivity index (χ0n) is 12.2. The molecule has 21 heavy (non-hydrogen) atoms. The van der Waals surface area contributed by atoms with Gasteiger partial charge in [0.15, 0.2) is 4.90 Å². The average molecular weight is 317 g/mol. The van der Waals surface area contributed by atoms with Gasteiger partial charge in [0.05, 0.1) is 7.11 Å². The zero-order valence-corrected chi connectivity index (χ0v) is 13.0. The lowest BCUT2D eigenvalue weighted by Gasteiger charge is -2.10. The minimum absolute atomic E-state index is 0.224. The first-order valence-corrected chi connectivity index (χ1v) is 7.95. The molecule has 0 saturated heterocycles. The van der Waals surface area contributed by atoms with Crippen molar-refractivity contribution in [1.29, 1.82) is 0 Å². The predicted molar refractivity (Wildman–Crippen MR) is 81.0 cm³/mol. The normalized spacial score (nSPS) is 11.2. The van der Waals surface area contributed by atoms with Gasteiger partial charge < -0.3 is 19.6 Å². The van der Waals surface area contributed by atoms with E-state index in [0.29, 0.717) is 12.2 Å². The van der Waals surface area contributed by atoms with Crippen molar-refractivity contribution in [3.63, 3.8) is 0 Å². The quantitative estimate of drug-likeness (QED) is 0.365. The molecule has 0 aliphatic rings. The van der Waals surface area contributed by atoms with E-state index in [-0.39, 0.29) is 6.42 Å². The Morgan fingerprint density at radius 3 is 2.29 bits per heavy atom. The third-order valence-electron chi connectivity index (χ3n) is 2.79. The second-order valence-corrected chi connectivity index (χ2v) is 5.85. The lowest BCUT2D eigenvalue weighted by atomic mass is 10.2. The Morgan fingerprint density at radius 1 is 1.19 bits per heavy atom. The van der Waals surface area contributed by atoms with Gasteiger partial charge in [-0.25, -0.2) is 5.90 Å². The summed E-state index contributed by atoms with van der Waals surface area (Å²) in [5, 5.41) is 15.0. The number of nitrogens with two attached hydrogens (primary N) is 1. The monoisotopic (exact) mass is 317 g/mol. The molecule has 0 saturated carbocycles. The van der Waals surface area contributed by atoms with Crippen LogP contribution in [0.1, 0.15) is 32.1 Å². The van der Waals surface area contributed by atoms with Gasteiger partial charge in [0.25, 0.3) is 0 Å². The Bertz CT molecular complexity index is 385. The van der Waals surface area contributed by atoms with Crippen LogP contribution in [-0.4, -0.2) is 33.7 Å². The van der Waals surface area contributed by atoms with Crippen LogP contribution in [0.25, 0.3) is 0 Å². The Hall–Kier alpha value is -1.28. The highest BCUT2D eigenvalue weighted by Crippen LogP contribution is 2.18. The Morgan fingerprint density at radius 2 is 1.76 bits per heavy atom. The smallest absolute Gasteiger partial charge is 0.303 e. The third kappa shape index (κ3) is 9.30.